The Morgan fingerprint density at radius 1 is 1.33 bits per heavy atom. The predicted molar refractivity (Wildman–Crippen MR) is 68.4 cm³/mol. The lowest BCUT2D eigenvalue weighted by molar-refractivity contribution is 0.184. The molecule has 0 aliphatic carbocycles. The zero-order valence-corrected chi connectivity index (χ0v) is 10.4. The molecule has 0 atom stereocenters. The van der Waals surface area contributed by atoms with E-state index in [1.165, 1.54) is 7.11 Å². The fraction of sp³-hybridized carbons (Fsp3) is 0.231. The van der Waals surface area contributed by atoms with Gasteiger partial charge in [-0.3, -0.25) is 0 Å². The second-order valence-corrected chi connectivity index (χ2v) is 3.65. The van der Waals surface area contributed by atoms with Crippen molar-refractivity contribution in [2.45, 2.75) is 6.61 Å². The van der Waals surface area contributed by atoms with E-state index in [1.807, 2.05) is 24.3 Å². The van der Waals surface area contributed by atoms with E-state index in [-0.39, 0.29) is 0 Å². The molecule has 2 aromatic rings. The summed E-state index contributed by atoms with van der Waals surface area (Å²) in [5, 5.41) is 4.05. The smallest absolute Gasteiger partial charge is 0.160 e. The monoisotopic (exact) mass is 245 g/mol. The molecule has 0 amide bonds. The summed E-state index contributed by atoms with van der Waals surface area (Å²) in [4.78, 5) is 12.1. The van der Waals surface area contributed by atoms with E-state index < -0.39 is 0 Å². The van der Waals surface area contributed by atoms with Crippen molar-refractivity contribution in [2.24, 2.45) is 5.16 Å². The number of methoxy groups -OCH3 is 1. The summed E-state index contributed by atoms with van der Waals surface area (Å²) in [6.45, 7) is 0.514. The predicted octanol–water partition coefficient (Wildman–Crippen LogP) is 1.95. The second kappa shape index (κ2) is 5.97. The molecule has 0 saturated heterocycles. The Morgan fingerprint density at radius 3 is 2.83 bits per heavy atom. The number of ether oxygens (including phenoxy) is 1. The molecule has 5 nitrogen and oxygen atoms in total. The molecule has 0 radical (unpaired) electrons. The minimum atomic E-state index is 0.514. The van der Waals surface area contributed by atoms with Gasteiger partial charge in [-0.05, 0) is 5.56 Å². The van der Waals surface area contributed by atoms with E-state index in [9.17, 15) is 0 Å². The minimum absolute atomic E-state index is 0.514. The van der Waals surface area contributed by atoms with Gasteiger partial charge in [-0.1, -0.05) is 29.4 Å². The number of aromatic nitrogens is 2. The molecule has 0 spiro atoms. The number of H-pyrrole nitrogens is 1. The molecular formula is C13H15N3O2. The summed E-state index contributed by atoms with van der Waals surface area (Å²) in [6.07, 6.45) is 3.43. The number of hydrogen-bond donors (Lipinski definition) is 1. The van der Waals surface area contributed by atoms with Crippen LogP contribution in [-0.4, -0.2) is 29.9 Å². The fourth-order valence-corrected chi connectivity index (χ4v) is 1.74. The van der Waals surface area contributed by atoms with Gasteiger partial charge in [-0.2, -0.15) is 0 Å². The van der Waals surface area contributed by atoms with Gasteiger partial charge < -0.3 is 14.6 Å². The number of hydrogen-bond acceptors (Lipinski definition) is 4. The van der Waals surface area contributed by atoms with Crippen molar-refractivity contribution in [3.05, 3.63) is 53.6 Å². The summed E-state index contributed by atoms with van der Waals surface area (Å²) in [6, 6.07) is 7.87. The van der Waals surface area contributed by atoms with Gasteiger partial charge in [0.05, 0.1) is 6.61 Å². The van der Waals surface area contributed by atoms with Gasteiger partial charge in [-0.25, -0.2) is 4.98 Å². The molecular weight excluding hydrogens is 230 g/mol. The van der Waals surface area contributed by atoms with Crippen LogP contribution in [0.3, 0.4) is 0 Å². The molecule has 0 fully saturated rings. The van der Waals surface area contributed by atoms with Crippen LogP contribution in [0.5, 0.6) is 0 Å². The second-order valence-electron chi connectivity index (χ2n) is 3.65. The molecule has 0 aliphatic rings. The van der Waals surface area contributed by atoms with Crippen molar-refractivity contribution < 1.29 is 9.57 Å². The summed E-state index contributed by atoms with van der Waals surface area (Å²) in [5.74, 6) is 0.667. The lowest BCUT2D eigenvalue weighted by Gasteiger charge is -2.09. The van der Waals surface area contributed by atoms with Crippen LogP contribution in [-0.2, 0) is 16.2 Å². The molecule has 0 bridgehead atoms. The van der Waals surface area contributed by atoms with Crippen molar-refractivity contribution in [3.63, 3.8) is 0 Å². The summed E-state index contributed by atoms with van der Waals surface area (Å²) in [5.41, 5.74) is 2.64. The SMILES string of the molecule is COCc1ccccc1C(=NOC)c1ncc[nH]1. The maximum absolute atomic E-state index is 5.19. The lowest BCUT2D eigenvalue weighted by atomic mass is 10.0. The largest absolute Gasteiger partial charge is 0.399 e. The van der Waals surface area contributed by atoms with Gasteiger partial charge in [-0.15, -0.1) is 0 Å². The van der Waals surface area contributed by atoms with Crippen LogP contribution in [0.25, 0.3) is 0 Å². The first-order valence-corrected chi connectivity index (χ1v) is 5.55. The molecule has 5 heteroatoms. The van der Waals surface area contributed by atoms with Crippen molar-refractivity contribution in [2.75, 3.05) is 14.2 Å². The third-order valence-electron chi connectivity index (χ3n) is 2.48. The van der Waals surface area contributed by atoms with Crippen molar-refractivity contribution in [1.29, 1.82) is 0 Å². The Kier molecular flexibility index (Phi) is 4.09. The van der Waals surface area contributed by atoms with E-state index in [2.05, 4.69) is 15.1 Å². The molecule has 2 rings (SSSR count). The molecule has 1 N–H and O–H groups in total. The summed E-state index contributed by atoms with van der Waals surface area (Å²) >= 11 is 0. The molecule has 0 aliphatic heterocycles. The van der Waals surface area contributed by atoms with Crippen LogP contribution in [0.1, 0.15) is 17.0 Å². The molecule has 1 aromatic heterocycles. The van der Waals surface area contributed by atoms with E-state index in [4.69, 9.17) is 9.57 Å². The number of rotatable bonds is 5. The standard InChI is InChI=1S/C13H15N3O2/c1-17-9-10-5-3-4-6-11(10)12(16-18-2)13-14-7-8-15-13/h3-8H,9H2,1-2H3,(H,14,15). The van der Waals surface area contributed by atoms with Crippen LogP contribution >= 0.6 is 0 Å². The number of aromatic amines is 1. The number of nitrogens with one attached hydrogen (secondary N) is 1. The van der Waals surface area contributed by atoms with Gasteiger partial charge >= 0.3 is 0 Å². The van der Waals surface area contributed by atoms with Gasteiger partial charge in [0.15, 0.2) is 11.5 Å². The van der Waals surface area contributed by atoms with E-state index in [0.29, 0.717) is 18.1 Å². The molecule has 0 unspecified atom stereocenters. The van der Waals surface area contributed by atoms with Gasteiger partial charge in [0.25, 0.3) is 0 Å². The molecule has 1 aromatic carbocycles. The molecule has 94 valence electrons. The Labute approximate surface area is 105 Å². The highest BCUT2D eigenvalue weighted by Gasteiger charge is 2.14. The lowest BCUT2D eigenvalue weighted by Crippen LogP contribution is -2.10. The van der Waals surface area contributed by atoms with Crippen LogP contribution < -0.4 is 0 Å². The number of benzene rings is 1. The van der Waals surface area contributed by atoms with E-state index in [1.54, 1.807) is 19.5 Å². The van der Waals surface area contributed by atoms with Crippen molar-refractivity contribution in [1.82, 2.24) is 9.97 Å². The van der Waals surface area contributed by atoms with Gasteiger partial charge in [0.1, 0.15) is 7.11 Å². The van der Waals surface area contributed by atoms with Crippen LogP contribution in [0.2, 0.25) is 0 Å². The highest BCUT2D eigenvalue weighted by Crippen LogP contribution is 2.14. The molecule has 0 saturated carbocycles. The first-order valence-electron chi connectivity index (χ1n) is 5.55. The zero-order chi connectivity index (χ0) is 12.8. The molecule has 18 heavy (non-hydrogen) atoms. The van der Waals surface area contributed by atoms with Gasteiger partial charge in [0.2, 0.25) is 0 Å². The third-order valence-corrected chi connectivity index (χ3v) is 2.48. The third kappa shape index (κ3) is 2.57. The Bertz CT molecular complexity index is 521. The Morgan fingerprint density at radius 2 is 2.17 bits per heavy atom. The Balaban J connectivity index is 2.47. The first kappa shape index (κ1) is 12.3. The van der Waals surface area contributed by atoms with Crippen LogP contribution in [0.4, 0.5) is 0 Å². The average Bonchev–Trinajstić information content (AvgIpc) is 2.91. The average molecular weight is 245 g/mol. The topological polar surface area (TPSA) is 59.5 Å². The summed E-state index contributed by atoms with van der Waals surface area (Å²) in [7, 11) is 3.18. The zero-order valence-electron chi connectivity index (χ0n) is 10.4. The molecule has 1 heterocycles. The van der Waals surface area contributed by atoms with Gasteiger partial charge in [0, 0.05) is 25.1 Å². The number of imidazole rings is 1. The van der Waals surface area contributed by atoms with Crippen molar-refractivity contribution >= 4 is 5.71 Å². The van der Waals surface area contributed by atoms with Crippen LogP contribution in [0, 0.1) is 0 Å². The van der Waals surface area contributed by atoms with Crippen LogP contribution in [0.15, 0.2) is 41.8 Å². The quantitative estimate of drug-likeness (QED) is 0.647. The van der Waals surface area contributed by atoms with Crippen molar-refractivity contribution in [3.8, 4) is 0 Å². The number of nitrogens with zero attached hydrogens (tertiary/aromatic N) is 2. The Hall–Kier alpha value is -2.14. The fourth-order valence-electron chi connectivity index (χ4n) is 1.74. The normalized spacial score (nSPS) is 11.6. The highest BCUT2D eigenvalue weighted by molar-refractivity contribution is 6.11. The van der Waals surface area contributed by atoms with E-state index in [0.717, 1.165) is 11.1 Å². The highest BCUT2D eigenvalue weighted by atomic mass is 16.6. The van der Waals surface area contributed by atoms with E-state index >= 15 is 0 Å². The minimum Gasteiger partial charge on any atom is -0.399 e. The number of oxime groups is 1. The maximum Gasteiger partial charge on any atom is 0.160 e. The first-order chi connectivity index (χ1) is 8.86. The summed E-state index contributed by atoms with van der Waals surface area (Å²) < 4.78 is 5.19. The maximum atomic E-state index is 5.19.